The van der Waals surface area contributed by atoms with E-state index in [-0.39, 0.29) is 35.5 Å². The smallest absolute Gasteiger partial charge is 0.148 e. The number of piperidine rings is 1. The van der Waals surface area contributed by atoms with E-state index < -0.39 is 15.4 Å². The van der Waals surface area contributed by atoms with Crippen LogP contribution in [0.2, 0.25) is 0 Å². The van der Waals surface area contributed by atoms with Gasteiger partial charge in [0.15, 0.2) is 0 Å². The van der Waals surface area contributed by atoms with Crippen LogP contribution in [-0.2, 0) is 9.84 Å². The lowest BCUT2D eigenvalue weighted by Crippen LogP contribution is -2.69. The predicted octanol–water partition coefficient (Wildman–Crippen LogP) is 0.802. The molecular formula is C21H43N3O4S. The van der Waals surface area contributed by atoms with Gasteiger partial charge in [0.2, 0.25) is 0 Å². The van der Waals surface area contributed by atoms with Crippen molar-refractivity contribution in [2.75, 3.05) is 51.3 Å². The summed E-state index contributed by atoms with van der Waals surface area (Å²) in [4.78, 5) is 7.21. The summed E-state index contributed by atoms with van der Waals surface area (Å²) in [7, 11) is -3.05. The van der Waals surface area contributed by atoms with Gasteiger partial charge in [-0.05, 0) is 54.4 Å². The molecule has 2 heterocycles. The standard InChI is InChI=1S/C21H43N3O4S/c1-19(2,3)23-11-10-22(12-13-29(7,27)28)18(15-23)17-14-21(26,16-25)8-9-24(17)20(4,5)6/h17-18,25-26H,8-16H2,1-7H3. The summed E-state index contributed by atoms with van der Waals surface area (Å²) in [6.45, 7) is 16.7. The Hall–Kier alpha value is -0.250. The fraction of sp³-hybridized carbons (Fsp3) is 1.00. The first kappa shape index (κ1) is 25.0. The fourth-order valence-electron chi connectivity index (χ4n) is 4.80. The molecule has 2 aliphatic rings. The molecule has 0 bridgehead atoms. The van der Waals surface area contributed by atoms with Crippen LogP contribution in [0.15, 0.2) is 0 Å². The summed E-state index contributed by atoms with van der Waals surface area (Å²) in [5, 5.41) is 20.8. The fourth-order valence-corrected chi connectivity index (χ4v) is 5.36. The zero-order valence-corrected chi connectivity index (χ0v) is 20.3. The number of nitrogens with zero attached hydrogens (tertiary/aromatic N) is 3. The van der Waals surface area contributed by atoms with Gasteiger partial charge in [-0.15, -0.1) is 0 Å². The van der Waals surface area contributed by atoms with E-state index in [1.54, 1.807) is 0 Å². The van der Waals surface area contributed by atoms with Crippen LogP contribution < -0.4 is 0 Å². The van der Waals surface area contributed by atoms with Gasteiger partial charge in [0, 0.05) is 62.1 Å². The Balaban J connectivity index is 2.37. The van der Waals surface area contributed by atoms with Crippen molar-refractivity contribution in [3.63, 3.8) is 0 Å². The second-order valence-corrected chi connectivity index (χ2v) is 13.4. The summed E-state index contributed by atoms with van der Waals surface area (Å²) in [5.41, 5.74) is -1.12. The normalized spacial score (nSPS) is 31.9. The average Bonchev–Trinajstić information content (AvgIpc) is 2.57. The molecule has 2 saturated heterocycles. The maximum atomic E-state index is 11.8. The highest BCUT2D eigenvalue weighted by molar-refractivity contribution is 7.90. The van der Waals surface area contributed by atoms with E-state index in [2.05, 4.69) is 56.2 Å². The van der Waals surface area contributed by atoms with Crippen LogP contribution >= 0.6 is 0 Å². The highest BCUT2D eigenvalue weighted by atomic mass is 32.2. The van der Waals surface area contributed by atoms with E-state index in [0.29, 0.717) is 19.4 Å². The van der Waals surface area contributed by atoms with Gasteiger partial charge in [0.05, 0.1) is 18.0 Å². The lowest BCUT2D eigenvalue weighted by atomic mass is 9.80. The molecule has 2 fully saturated rings. The third kappa shape index (κ3) is 6.61. The minimum Gasteiger partial charge on any atom is -0.393 e. The van der Waals surface area contributed by atoms with Gasteiger partial charge in [-0.2, -0.15) is 0 Å². The molecule has 8 heteroatoms. The van der Waals surface area contributed by atoms with E-state index in [9.17, 15) is 18.6 Å². The molecular weight excluding hydrogens is 390 g/mol. The number of sulfone groups is 1. The second-order valence-electron chi connectivity index (χ2n) is 11.1. The Morgan fingerprint density at radius 1 is 1.00 bits per heavy atom. The second kappa shape index (κ2) is 8.71. The molecule has 0 radical (unpaired) electrons. The number of likely N-dealkylation sites (tertiary alicyclic amines) is 1. The number of hydrogen-bond donors (Lipinski definition) is 2. The van der Waals surface area contributed by atoms with Crippen LogP contribution in [0.3, 0.4) is 0 Å². The number of rotatable bonds is 5. The van der Waals surface area contributed by atoms with Gasteiger partial charge in [0.1, 0.15) is 9.84 Å². The van der Waals surface area contributed by atoms with E-state index in [0.717, 1.165) is 26.2 Å². The van der Waals surface area contributed by atoms with Crippen molar-refractivity contribution in [1.82, 2.24) is 14.7 Å². The molecule has 2 aliphatic heterocycles. The van der Waals surface area contributed by atoms with Crippen molar-refractivity contribution in [2.45, 2.75) is 83.1 Å². The molecule has 3 atom stereocenters. The number of hydrogen-bond acceptors (Lipinski definition) is 7. The topological polar surface area (TPSA) is 84.3 Å². The third-order valence-corrected chi connectivity index (χ3v) is 7.56. The summed E-state index contributed by atoms with van der Waals surface area (Å²) in [6, 6.07) is 0.146. The summed E-state index contributed by atoms with van der Waals surface area (Å²) < 4.78 is 23.7. The Morgan fingerprint density at radius 3 is 2.10 bits per heavy atom. The molecule has 2 rings (SSSR count). The molecule has 0 aliphatic carbocycles. The molecule has 0 saturated carbocycles. The molecule has 3 unspecified atom stereocenters. The summed E-state index contributed by atoms with van der Waals surface area (Å²) in [6.07, 6.45) is 2.34. The Labute approximate surface area is 178 Å². The first-order valence-corrected chi connectivity index (χ1v) is 12.9. The van der Waals surface area contributed by atoms with Crippen molar-refractivity contribution < 1.29 is 18.6 Å². The van der Waals surface area contributed by atoms with Crippen molar-refractivity contribution in [3.05, 3.63) is 0 Å². The van der Waals surface area contributed by atoms with Gasteiger partial charge in [-0.1, -0.05) is 0 Å². The predicted molar refractivity (Wildman–Crippen MR) is 118 cm³/mol. The highest BCUT2D eigenvalue weighted by Crippen LogP contribution is 2.36. The zero-order valence-electron chi connectivity index (χ0n) is 19.5. The number of piperazine rings is 1. The molecule has 29 heavy (non-hydrogen) atoms. The number of aliphatic hydroxyl groups is 2. The molecule has 172 valence electrons. The van der Waals surface area contributed by atoms with Crippen molar-refractivity contribution >= 4 is 9.84 Å². The molecule has 7 nitrogen and oxygen atoms in total. The van der Waals surface area contributed by atoms with Gasteiger partial charge in [-0.25, -0.2) is 8.42 Å². The Bertz CT molecular complexity index is 656. The lowest BCUT2D eigenvalue weighted by Gasteiger charge is -2.56. The Kier molecular flexibility index (Phi) is 7.51. The maximum absolute atomic E-state index is 11.8. The molecule has 0 amide bonds. The van der Waals surface area contributed by atoms with E-state index >= 15 is 0 Å². The molecule has 0 aromatic rings. The van der Waals surface area contributed by atoms with Gasteiger partial charge >= 0.3 is 0 Å². The summed E-state index contributed by atoms with van der Waals surface area (Å²) in [5.74, 6) is 0.144. The maximum Gasteiger partial charge on any atom is 0.148 e. The van der Waals surface area contributed by atoms with E-state index in [1.165, 1.54) is 6.26 Å². The molecule has 2 N–H and O–H groups in total. The number of aliphatic hydroxyl groups excluding tert-OH is 1. The van der Waals surface area contributed by atoms with Gasteiger partial charge in [-0.3, -0.25) is 14.7 Å². The molecule has 0 aromatic carbocycles. The Morgan fingerprint density at radius 2 is 1.62 bits per heavy atom. The van der Waals surface area contributed by atoms with Crippen LogP contribution in [0.25, 0.3) is 0 Å². The average molecular weight is 434 g/mol. The van der Waals surface area contributed by atoms with E-state index in [4.69, 9.17) is 0 Å². The quantitative estimate of drug-likeness (QED) is 0.663. The molecule has 0 aromatic heterocycles. The van der Waals surface area contributed by atoms with Crippen LogP contribution in [0.5, 0.6) is 0 Å². The van der Waals surface area contributed by atoms with Crippen LogP contribution in [0, 0.1) is 0 Å². The SMILES string of the molecule is CC(C)(C)N1CCN(CCS(C)(=O)=O)C(C2CC(O)(CO)CCN2C(C)(C)C)C1. The van der Waals surface area contributed by atoms with Gasteiger partial charge in [0.25, 0.3) is 0 Å². The van der Waals surface area contributed by atoms with Gasteiger partial charge < -0.3 is 10.2 Å². The first-order chi connectivity index (χ1) is 13.1. The monoisotopic (exact) mass is 433 g/mol. The third-order valence-electron chi connectivity index (χ3n) is 6.64. The lowest BCUT2D eigenvalue weighted by molar-refractivity contribution is -0.124. The van der Waals surface area contributed by atoms with Crippen molar-refractivity contribution in [3.8, 4) is 0 Å². The van der Waals surface area contributed by atoms with Crippen LogP contribution in [0.1, 0.15) is 54.4 Å². The van der Waals surface area contributed by atoms with Crippen LogP contribution in [0.4, 0.5) is 0 Å². The van der Waals surface area contributed by atoms with Crippen molar-refractivity contribution in [2.24, 2.45) is 0 Å². The first-order valence-electron chi connectivity index (χ1n) is 10.8. The van der Waals surface area contributed by atoms with Crippen molar-refractivity contribution in [1.29, 1.82) is 0 Å². The van der Waals surface area contributed by atoms with E-state index in [1.807, 2.05) is 0 Å². The minimum absolute atomic E-state index is 0.0235. The zero-order chi connectivity index (χ0) is 22.3. The van der Waals surface area contributed by atoms with Crippen LogP contribution in [-0.4, -0.2) is 113 Å². The minimum atomic E-state index is -3.05. The molecule has 0 spiro atoms. The largest absolute Gasteiger partial charge is 0.393 e. The summed E-state index contributed by atoms with van der Waals surface area (Å²) >= 11 is 0. The highest BCUT2D eigenvalue weighted by Gasteiger charge is 2.47.